The Morgan fingerprint density at radius 3 is 2.35 bits per heavy atom. The van der Waals surface area contributed by atoms with E-state index in [1.165, 1.54) is 51.2 Å². The second kappa shape index (κ2) is 11.7. The fourth-order valence-corrected chi connectivity index (χ4v) is 3.15. The molecule has 1 N–H and O–H groups in total. The second-order valence-electron chi connectivity index (χ2n) is 7.26. The molecule has 0 aliphatic heterocycles. The van der Waals surface area contributed by atoms with Crippen LogP contribution < -0.4 is 5.32 Å². The van der Waals surface area contributed by atoms with Gasteiger partial charge in [-0.25, -0.2) is 0 Å². The third-order valence-corrected chi connectivity index (χ3v) is 4.82. The molecule has 2 amide bonds. The first-order valence-corrected chi connectivity index (χ1v) is 10.2. The monoisotopic (exact) mass is 363 g/mol. The summed E-state index contributed by atoms with van der Waals surface area (Å²) in [6.45, 7) is 2.34. The zero-order valence-corrected chi connectivity index (χ0v) is 16.0. The topological polar surface area (TPSA) is 75.4 Å². The van der Waals surface area contributed by atoms with E-state index in [0.29, 0.717) is 12.2 Å². The van der Waals surface area contributed by atoms with Crippen LogP contribution in [0.1, 0.15) is 84.0 Å². The van der Waals surface area contributed by atoms with Crippen molar-refractivity contribution in [2.45, 2.75) is 90.0 Å². The van der Waals surface area contributed by atoms with Gasteiger partial charge in [0.2, 0.25) is 11.8 Å². The molecule has 0 atom stereocenters. The highest BCUT2D eigenvalue weighted by atomic mass is 16.5. The van der Waals surface area contributed by atoms with E-state index in [2.05, 4.69) is 17.4 Å². The molecule has 1 fully saturated rings. The lowest BCUT2D eigenvalue weighted by molar-refractivity contribution is -0.135. The van der Waals surface area contributed by atoms with Gasteiger partial charge in [-0.05, 0) is 19.3 Å². The molecule has 1 aromatic heterocycles. The number of nitrogens with one attached hydrogen (secondary N) is 1. The molecule has 1 saturated carbocycles. The summed E-state index contributed by atoms with van der Waals surface area (Å²) in [5.41, 5.74) is 0. The van der Waals surface area contributed by atoms with Crippen LogP contribution in [0.3, 0.4) is 0 Å². The fourth-order valence-electron chi connectivity index (χ4n) is 3.15. The highest BCUT2D eigenvalue weighted by molar-refractivity contribution is 5.93. The normalized spacial score (nSPS) is 13.6. The lowest BCUT2D eigenvalue weighted by atomic mass is 10.1. The molecule has 0 bridgehead atoms. The zero-order valence-electron chi connectivity index (χ0n) is 16.0. The van der Waals surface area contributed by atoms with Gasteiger partial charge >= 0.3 is 0 Å². The van der Waals surface area contributed by atoms with Crippen molar-refractivity contribution in [3.05, 3.63) is 12.3 Å². The van der Waals surface area contributed by atoms with Crippen molar-refractivity contribution in [2.24, 2.45) is 0 Å². The number of carbonyl (C=O) groups is 2. The lowest BCUT2D eigenvalue weighted by Gasteiger charge is -2.21. The summed E-state index contributed by atoms with van der Waals surface area (Å²) in [7, 11) is 0. The number of hydrogen-bond donors (Lipinski definition) is 1. The maximum Gasteiger partial charge on any atom is 0.245 e. The summed E-state index contributed by atoms with van der Waals surface area (Å²) in [5, 5.41) is 6.32. The fraction of sp³-hybridized carbons (Fsp3) is 0.750. The smallest absolute Gasteiger partial charge is 0.245 e. The second-order valence-corrected chi connectivity index (χ2v) is 7.26. The van der Waals surface area contributed by atoms with Gasteiger partial charge in [0.1, 0.15) is 12.8 Å². The van der Waals surface area contributed by atoms with Crippen molar-refractivity contribution in [1.82, 2.24) is 10.1 Å². The van der Waals surface area contributed by atoms with E-state index < -0.39 is 0 Å². The zero-order chi connectivity index (χ0) is 18.6. The molecule has 0 saturated heterocycles. The van der Waals surface area contributed by atoms with Crippen molar-refractivity contribution < 1.29 is 14.1 Å². The number of rotatable bonds is 14. The number of unbranched alkanes of at least 4 members (excludes halogenated alkanes) is 8. The van der Waals surface area contributed by atoms with Crippen LogP contribution in [0.4, 0.5) is 5.82 Å². The van der Waals surface area contributed by atoms with Gasteiger partial charge in [-0.2, -0.15) is 0 Å². The van der Waals surface area contributed by atoms with Gasteiger partial charge in [0.15, 0.2) is 5.82 Å². The first-order chi connectivity index (χ1) is 12.7. The Hall–Kier alpha value is -1.85. The average Bonchev–Trinajstić information content (AvgIpc) is 3.35. The Morgan fingerprint density at radius 1 is 1.12 bits per heavy atom. The Bertz CT molecular complexity index is 526. The molecule has 1 heterocycles. The van der Waals surface area contributed by atoms with E-state index in [4.69, 9.17) is 4.52 Å². The van der Waals surface area contributed by atoms with Gasteiger partial charge in [0.25, 0.3) is 0 Å². The van der Waals surface area contributed by atoms with Crippen molar-refractivity contribution >= 4 is 17.6 Å². The van der Waals surface area contributed by atoms with Crippen LogP contribution in [0.5, 0.6) is 0 Å². The quantitative estimate of drug-likeness (QED) is 0.493. The molecule has 2 rings (SSSR count). The van der Waals surface area contributed by atoms with Crippen LogP contribution in [0, 0.1) is 0 Å². The predicted octanol–water partition coefficient (Wildman–Crippen LogP) is 4.53. The Morgan fingerprint density at radius 2 is 1.77 bits per heavy atom. The van der Waals surface area contributed by atoms with Gasteiger partial charge in [-0.15, -0.1) is 0 Å². The minimum absolute atomic E-state index is 0.103. The summed E-state index contributed by atoms with van der Waals surface area (Å²) in [6, 6.07) is 1.83. The van der Waals surface area contributed by atoms with E-state index in [1.807, 2.05) is 0 Å². The molecular weight excluding hydrogens is 330 g/mol. The first-order valence-electron chi connectivity index (χ1n) is 10.2. The number of aromatic nitrogens is 1. The molecule has 0 radical (unpaired) electrons. The van der Waals surface area contributed by atoms with E-state index in [0.717, 1.165) is 25.7 Å². The molecule has 1 aromatic rings. The summed E-state index contributed by atoms with van der Waals surface area (Å²) in [6.07, 6.45) is 15.1. The molecule has 0 aromatic carbocycles. The summed E-state index contributed by atoms with van der Waals surface area (Å²) in [4.78, 5) is 26.3. The number of nitrogens with zero attached hydrogens (tertiary/aromatic N) is 2. The largest absolute Gasteiger partial charge is 0.363 e. The van der Waals surface area contributed by atoms with Crippen LogP contribution in [0.2, 0.25) is 0 Å². The molecule has 26 heavy (non-hydrogen) atoms. The van der Waals surface area contributed by atoms with Crippen LogP contribution in [-0.2, 0) is 9.59 Å². The van der Waals surface area contributed by atoms with Crippen LogP contribution in [0.15, 0.2) is 16.9 Å². The van der Waals surface area contributed by atoms with Crippen molar-refractivity contribution in [2.75, 3.05) is 11.9 Å². The van der Waals surface area contributed by atoms with E-state index in [-0.39, 0.29) is 24.4 Å². The van der Waals surface area contributed by atoms with Gasteiger partial charge in [0.05, 0.1) is 0 Å². The summed E-state index contributed by atoms with van der Waals surface area (Å²) < 4.78 is 4.69. The summed E-state index contributed by atoms with van der Waals surface area (Å²) >= 11 is 0. The van der Waals surface area contributed by atoms with E-state index in [1.54, 1.807) is 11.0 Å². The maximum absolute atomic E-state index is 12.5. The number of carbonyl (C=O) groups excluding carboxylic acids is 2. The number of hydrogen-bond acceptors (Lipinski definition) is 4. The molecular formula is C20H33N3O3. The first kappa shape index (κ1) is 20.5. The van der Waals surface area contributed by atoms with E-state index in [9.17, 15) is 9.59 Å². The molecule has 6 nitrogen and oxygen atoms in total. The molecule has 0 spiro atoms. The highest BCUT2D eigenvalue weighted by Crippen LogP contribution is 2.27. The number of anilines is 1. The van der Waals surface area contributed by atoms with Gasteiger partial charge in [0, 0.05) is 18.5 Å². The average molecular weight is 364 g/mol. The Balaban J connectivity index is 1.58. The SMILES string of the molecule is CCCCCCCCCCCC(=O)N(CC(=O)Nc1ccon1)C1CC1. The minimum atomic E-state index is -0.216. The van der Waals surface area contributed by atoms with Crippen LogP contribution in [0.25, 0.3) is 0 Å². The third-order valence-electron chi connectivity index (χ3n) is 4.82. The standard InChI is InChI=1S/C20H33N3O3/c1-2-3-4-5-6-7-8-9-10-11-20(25)23(17-12-13-17)16-19(24)21-18-14-15-26-22-18/h14-15,17H,2-13,16H2,1H3,(H,21,22,24). The predicted molar refractivity (Wildman–Crippen MR) is 102 cm³/mol. The van der Waals surface area contributed by atoms with Crippen molar-refractivity contribution in [3.8, 4) is 0 Å². The van der Waals surface area contributed by atoms with Crippen LogP contribution in [-0.4, -0.2) is 34.5 Å². The maximum atomic E-state index is 12.5. The molecule has 0 unspecified atom stereocenters. The van der Waals surface area contributed by atoms with E-state index >= 15 is 0 Å². The van der Waals surface area contributed by atoms with Crippen LogP contribution >= 0.6 is 0 Å². The minimum Gasteiger partial charge on any atom is -0.363 e. The van der Waals surface area contributed by atoms with Crippen molar-refractivity contribution in [3.63, 3.8) is 0 Å². The van der Waals surface area contributed by atoms with Gasteiger partial charge in [-0.1, -0.05) is 63.4 Å². The Labute approximate surface area is 156 Å². The molecule has 146 valence electrons. The molecule has 1 aliphatic rings. The van der Waals surface area contributed by atoms with Gasteiger partial charge < -0.3 is 14.7 Å². The third kappa shape index (κ3) is 8.02. The number of amides is 2. The van der Waals surface area contributed by atoms with Crippen molar-refractivity contribution in [1.29, 1.82) is 0 Å². The Kier molecular flexibility index (Phi) is 9.21. The highest BCUT2D eigenvalue weighted by Gasteiger charge is 2.33. The summed E-state index contributed by atoms with van der Waals surface area (Å²) in [5.74, 6) is 0.272. The molecule has 1 aliphatic carbocycles. The lowest BCUT2D eigenvalue weighted by Crippen LogP contribution is -2.39. The van der Waals surface area contributed by atoms with Gasteiger partial charge in [-0.3, -0.25) is 9.59 Å². The molecule has 6 heteroatoms.